The third-order valence-corrected chi connectivity index (χ3v) is 3.55. The maximum absolute atomic E-state index is 5.75. The van der Waals surface area contributed by atoms with Crippen LogP contribution in [-0.2, 0) is 0 Å². The molecular weight excluding hydrogens is 298 g/mol. The number of halogens is 1. The lowest BCUT2D eigenvalue weighted by Crippen LogP contribution is -2.06. The summed E-state index contributed by atoms with van der Waals surface area (Å²) in [5.74, 6) is 0. The van der Waals surface area contributed by atoms with Crippen LogP contribution in [0.2, 0.25) is 0 Å². The molecule has 0 amide bonds. The molecule has 2 aromatic rings. The normalized spacial score (nSPS) is 12.4. The fraction of sp³-hybridized carbons (Fsp3) is 0.167. The van der Waals surface area contributed by atoms with E-state index in [-0.39, 0.29) is 6.04 Å². The van der Waals surface area contributed by atoms with Gasteiger partial charge in [-0.1, -0.05) is 11.8 Å². The van der Waals surface area contributed by atoms with Gasteiger partial charge in [0.2, 0.25) is 0 Å². The Kier molecular flexibility index (Phi) is 4.15. The standard InChI is InChI=1S/C12H12BrN3S/c1-8(14)11-4-3-10(7-15-11)17-12-5-2-9(13)6-16-12/h2-8H,14H2,1H3/t8-/m0/s1. The summed E-state index contributed by atoms with van der Waals surface area (Å²) in [5, 5.41) is 0.948. The van der Waals surface area contributed by atoms with Crippen LogP contribution in [0.3, 0.4) is 0 Å². The SMILES string of the molecule is C[C@H](N)c1ccc(Sc2ccc(Br)cn2)cn1. The first kappa shape index (κ1) is 12.5. The van der Waals surface area contributed by atoms with Crippen molar-refractivity contribution in [3.63, 3.8) is 0 Å². The van der Waals surface area contributed by atoms with E-state index in [4.69, 9.17) is 5.73 Å². The lowest BCUT2D eigenvalue weighted by Gasteiger charge is -2.05. The average Bonchev–Trinajstić information content (AvgIpc) is 2.33. The Morgan fingerprint density at radius 3 is 2.53 bits per heavy atom. The number of pyridine rings is 2. The molecule has 0 fully saturated rings. The van der Waals surface area contributed by atoms with E-state index >= 15 is 0 Å². The molecule has 2 aromatic heterocycles. The molecule has 0 radical (unpaired) electrons. The van der Waals surface area contributed by atoms with Gasteiger partial charge in [0.15, 0.2) is 0 Å². The third kappa shape index (κ3) is 3.52. The molecule has 2 heterocycles. The maximum Gasteiger partial charge on any atom is 0.101 e. The van der Waals surface area contributed by atoms with Crippen molar-refractivity contribution in [3.8, 4) is 0 Å². The zero-order valence-corrected chi connectivity index (χ0v) is 11.7. The Bertz CT molecular complexity index is 482. The second-order valence-corrected chi connectivity index (χ2v) is 5.63. The molecule has 0 unspecified atom stereocenters. The minimum Gasteiger partial charge on any atom is -0.323 e. The summed E-state index contributed by atoms with van der Waals surface area (Å²) in [6.45, 7) is 1.92. The van der Waals surface area contributed by atoms with E-state index in [0.717, 1.165) is 20.1 Å². The van der Waals surface area contributed by atoms with Gasteiger partial charge in [0.05, 0.1) is 5.69 Å². The third-order valence-electron chi connectivity index (χ3n) is 2.15. The van der Waals surface area contributed by atoms with Crippen LogP contribution in [0, 0.1) is 0 Å². The van der Waals surface area contributed by atoms with Crippen molar-refractivity contribution in [2.75, 3.05) is 0 Å². The number of nitrogens with two attached hydrogens (primary N) is 1. The minimum atomic E-state index is -0.0279. The van der Waals surface area contributed by atoms with Crippen molar-refractivity contribution in [3.05, 3.63) is 46.8 Å². The van der Waals surface area contributed by atoms with Gasteiger partial charge in [0, 0.05) is 27.8 Å². The molecular formula is C12H12BrN3S. The lowest BCUT2D eigenvalue weighted by atomic mass is 10.2. The Hall–Kier alpha value is -0.910. The molecule has 1 atom stereocenters. The van der Waals surface area contributed by atoms with Crippen LogP contribution >= 0.6 is 27.7 Å². The van der Waals surface area contributed by atoms with E-state index in [2.05, 4.69) is 25.9 Å². The lowest BCUT2D eigenvalue weighted by molar-refractivity contribution is 0.777. The molecule has 88 valence electrons. The molecule has 0 spiro atoms. The Balaban J connectivity index is 2.11. The van der Waals surface area contributed by atoms with Crippen LogP contribution in [0.1, 0.15) is 18.7 Å². The van der Waals surface area contributed by atoms with Crippen LogP contribution in [0.5, 0.6) is 0 Å². The molecule has 2 N–H and O–H groups in total. The quantitative estimate of drug-likeness (QED) is 0.944. The molecule has 17 heavy (non-hydrogen) atoms. The number of aromatic nitrogens is 2. The van der Waals surface area contributed by atoms with Crippen LogP contribution in [0.25, 0.3) is 0 Å². The van der Waals surface area contributed by atoms with Gasteiger partial charge in [-0.2, -0.15) is 0 Å². The van der Waals surface area contributed by atoms with E-state index in [1.807, 2.05) is 37.4 Å². The predicted octanol–water partition coefficient (Wildman–Crippen LogP) is 3.41. The first-order chi connectivity index (χ1) is 8.15. The van der Waals surface area contributed by atoms with Crippen LogP contribution in [0.4, 0.5) is 0 Å². The molecule has 0 aliphatic heterocycles. The fourth-order valence-corrected chi connectivity index (χ4v) is 2.22. The molecule has 0 aliphatic carbocycles. The Morgan fingerprint density at radius 1 is 1.18 bits per heavy atom. The number of nitrogens with zero attached hydrogens (tertiary/aromatic N) is 2. The number of hydrogen-bond acceptors (Lipinski definition) is 4. The summed E-state index contributed by atoms with van der Waals surface area (Å²) in [7, 11) is 0. The van der Waals surface area contributed by atoms with Crippen molar-refractivity contribution >= 4 is 27.7 Å². The molecule has 0 bridgehead atoms. The highest BCUT2D eigenvalue weighted by molar-refractivity contribution is 9.10. The highest BCUT2D eigenvalue weighted by Crippen LogP contribution is 2.26. The summed E-state index contributed by atoms with van der Waals surface area (Å²) in [5.41, 5.74) is 6.65. The summed E-state index contributed by atoms with van der Waals surface area (Å²) < 4.78 is 0.979. The van der Waals surface area contributed by atoms with Crippen LogP contribution in [0.15, 0.2) is 51.1 Å². The second-order valence-electron chi connectivity index (χ2n) is 3.62. The summed E-state index contributed by atoms with van der Waals surface area (Å²) >= 11 is 4.94. The molecule has 2 rings (SSSR count). The molecule has 0 saturated heterocycles. The van der Waals surface area contributed by atoms with Gasteiger partial charge in [-0.15, -0.1) is 0 Å². The van der Waals surface area contributed by atoms with Gasteiger partial charge in [-0.3, -0.25) is 4.98 Å². The Labute approximate surface area is 113 Å². The summed E-state index contributed by atoms with van der Waals surface area (Å²) in [6, 6.07) is 7.87. The molecule has 5 heteroatoms. The van der Waals surface area contributed by atoms with E-state index in [9.17, 15) is 0 Å². The average molecular weight is 310 g/mol. The van der Waals surface area contributed by atoms with Gasteiger partial charge in [-0.05, 0) is 47.1 Å². The van der Waals surface area contributed by atoms with Gasteiger partial charge in [0.25, 0.3) is 0 Å². The molecule has 0 saturated carbocycles. The zero-order valence-electron chi connectivity index (χ0n) is 9.30. The highest BCUT2D eigenvalue weighted by Gasteiger charge is 2.02. The van der Waals surface area contributed by atoms with Gasteiger partial charge < -0.3 is 5.73 Å². The summed E-state index contributed by atoms with van der Waals surface area (Å²) in [4.78, 5) is 9.66. The zero-order chi connectivity index (χ0) is 12.3. The van der Waals surface area contributed by atoms with Crippen LogP contribution in [-0.4, -0.2) is 9.97 Å². The van der Waals surface area contributed by atoms with E-state index < -0.39 is 0 Å². The van der Waals surface area contributed by atoms with Gasteiger partial charge >= 0.3 is 0 Å². The Morgan fingerprint density at radius 2 is 2.00 bits per heavy atom. The molecule has 0 aromatic carbocycles. The van der Waals surface area contributed by atoms with Crippen molar-refractivity contribution in [2.24, 2.45) is 5.73 Å². The van der Waals surface area contributed by atoms with E-state index in [1.54, 1.807) is 18.0 Å². The van der Waals surface area contributed by atoms with Gasteiger partial charge in [0.1, 0.15) is 5.03 Å². The van der Waals surface area contributed by atoms with Crippen molar-refractivity contribution in [1.29, 1.82) is 0 Å². The minimum absolute atomic E-state index is 0.0279. The predicted molar refractivity (Wildman–Crippen MR) is 72.9 cm³/mol. The summed E-state index contributed by atoms with van der Waals surface area (Å²) in [6.07, 6.45) is 3.61. The monoisotopic (exact) mass is 309 g/mol. The topological polar surface area (TPSA) is 51.8 Å². The first-order valence-corrected chi connectivity index (χ1v) is 6.77. The second kappa shape index (κ2) is 5.62. The van der Waals surface area contributed by atoms with Gasteiger partial charge in [-0.25, -0.2) is 4.98 Å². The van der Waals surface area contributed by atoms with Crippen molar-refractivity contribution < 1.29 is 0 Å². The number of hydrogen-bond donors (Lipinski definition) is 1. The van der Waals surface area contributed by atoms with Crippen molar-refractivity contribution in [2.45, 2.75) is 22.9 Å². The van der Waals surface area contributed by atoms with E-state index in [1.165, 1.54) is 0 Å². The first-order valence-electron chi connectivity index (χ1n) is 5.16. The van der Waals surface area contributed by atoms with Crippen LogP contribution < -0.4 is 5.73 Å². The van der Waals surface area contributed by atoms with Crippen molar-refractivity contribution in [1.82, 2.24) is 9.97 Å². The molecule has 3 nitrogen and oxygen atoms in total. The van der Waals surface area contributed by atoms with E-state index in [0.29, 0.717) is 0 Å². The maximum atomic E-state index is 5.75. The number of rotatable bonds is 3. The highest BCUT2D eigenvalue weighted by atomic mass is 79.9. The largest absolute Gasteiger partial charge is 0.323 e. The molecule has 0 aliphatic rings. The fourth-order valence-electron chi connectivity index (χ4n) is 1.26. The smallest absolute Gasteiger partial charge is 0.101 e.